The van der Waals surface area contributed by atoms with Crippen molar-refractivity contribution in [1.29, 1.82) is 0 Å². The zero-order valence-electron chi connectivity index (χ0n) is 5.64. The molecule has 0 aromatic carbocycles. The third-order valence-corrected chi connectivity index (χ3v) is 1.05. The Balaban J connectivity index is 3.25. The van der Waals surface area contributed by atoms with Crippen LogP contribution in [0.5, 0.6) is 0 Å². The average molecular weight is 129 g/mol. The van der Waals surface area contributed by atoms with Crippen molar-refractivity contribution in [3.8, 4) is 0 Å². The first-order chi connectivity index (χ1) is 4.31. The van der Waals surface area contributed by atoms with Crippen molar-refractivity contribution >= 4 is 0 Å². The lowest BCUT2D eigenvalue weighted by atomic mass is 10.2. The van der Waals surface area contributed by atoms with E-state index in [-0.39, 0.29) is 0 Å². The van der Waals surface area contributed by atoms with E-state index in [0.717, 1.165) is 18.5 Å². The van der Waals surface area contributed by atoms with Gasteiger partial charge in [-0.25, -0.2) is 0 Å². The maximum Gasteiger partial charge on any atom is 0.0126 e. The lowest BCUT2D eigenvalue weighted by Crippen LogP contribution is -2.06. The third kappa shape index (κ3) is 5.33. The van der Waals surface area contributed by atoms with Crippen LogP contribution in [0.25, 0.3) is 0 Å². The van der Waals surface area contributed by atoms with Crippen LogP contribution in [0.4, 0.5) is 0 Å². The number of hydrogen-bond acceptors (Lipinski definition) is 3. The summed E-state index contributed by atoms with van der Waals surface area (Å²) in [5, 5.41) is 0. The summed E-state index contributed by atoms with van der Waals surface area (Å²) in [6.45, 7) is 1.22. The summed E-state index contributed by atoms with van der Waals surface area (Å²) in [5.74, 6) is 0. The van der Waals surface area contributed by atoms with Gasteiger partial charge in [-0.2, -0.15) is 0 Å². The van der Waals surface area contributed by atoms with Crippen molar-refractivity contribution in [1.82, 2.24) is 0 Å². The fourth-order valence-corrected chi connectivity index (χ4v) is 0.560. The van der Waals surface area contributed by atoms with Gasteiger partial charge in [0.1, 0.15) is 0 Å². The first-order valence-electron chi connectivity index (χ1n) is 3.16. The largest absolute Gasteiger partial charge is 0.402 e. The number of nitrogens with two attached hydrogens (primary N) is 3. The highest BCUT2D eigenvalue weighted by atomic mass is 14.6. The Labute approximate surface area is 55.9 Å². The van der Waals surface area contributed by atoms with Crippen LogP contribution < -0.4 is 17.2 Å². The van der Waals surface area contributed by atoms with E-state index in [0.29, 0.717) is 13.1 Å². The van der Waals surface area contributed by atoms with Gasteiger partial charge in [0.2, 0.25) is 0 Å². The normalized spacial score (nSPS) is 12.0. The van der Waals surface area contributed by atoms with E-state index in [9.17, 15) is 0 Å². The first-order valence-corrected chi connectivity index (χ1v) is 3.16. The van der Waals surface area contributed by atoms with Gasteiger partial charge in [0, 0.05) is 12.2 Å². The van der Waals surface area contributed by atoms with Gasteiger partial charge in [0.25, 0.3) is 0 Å². The van der Waals surface area contributed by atoms with Gasteiger partial charge < -0.3 is 17.2 Å². The summed E-state index contributed by atoms with van der Waals surface area (Å²) in [5.41, 5.74) is 16.8. The number of allylic oxidation sites excluding steroid dienone is 1. The molecule has 0 spiro atoms. The Hall–Kier alpha value is -0.540. The fraction of sp³-hybridized carbons (Fsp3) is 0.667. The van der Waals surface area contributed by atoms with Crippen molar-refractivity contribution in [3.63, 3.8) is 0 Å². The molecule has 0 aromatic heterocycles. The van der Waals surface area contributed by atoms with E-state index in [1.165, 1.54) is 0 Å². The highest BCUT2D eigenvalue weighted by Gasteiger charge is 1.86. The summed E-state index contributed by atoms with van der Waals surface area (Å²) in [7, 11) is 0. The van der Waals surface area contributed by atoms with Gasteiger partial charge in [-0.15, -0.1) is 0 Å². The molecule has 3 nitrogen and oxygen atoms in total. The minimum atomic E-state index is 0.524. The molecule has 0 aliphatic rings. The Morgan fingerprint density at radius 2 is 2.00 bits per heavy atom. The van der Waals surface area contributed by atoms with E-state index in [4.69, 9.17) is 17.2 Å². The quantitative estimate of drug-likeness (QED) is 0.480. The number of hydrogen-bond donors (Lipinski definition) is 3. The van der Waals surface area contributed by atoms with E-state index < -0.39 is 0 Å². The molecule has 0 amide bonds. The molecule has 0 aliphatic heterocycles. The number of rotatable bonds is 4. The first kappa shape index (κ1) is 8.46. The Morgan fingerprint density at radius 1 is 1.33 bits per heavy atom. The predicted octanol–water partition coefficient (Wildman–Crippen LogP) is -0.473. The molecule has 0 unspecified atom stereocenters. The second-order valence-corrected chi connectivity index (χ2v) is 1.91. The smallest absolute Gasteiger partial charge is 0.0126 e. The molecule has 0 aromatic rings. The highest BCUT2D eigenvalue weighted by molar-refractivity contribution is 4.96. The monoisotopic (exact) mass is 129 g/mol. The highest BCUT2D eigenvalue weighted by Crippen LogP contribution is 1.93. The summed E-state index contributed by atoms with van der Waals surface area (Å²) in [4.78, 5) is 0. The van der Waals surface area contributed by atoms with Crippen LogP contribution in [-0.4, -0.2) is 13.1 Å². The molecular weight excluding hydrogens is 114 g/mol. The third-order valence-electron chi connectivity index (χ3n) is 1.05. The van der Waals surface area contributed by atoms with Crippen molar-refractivity contribution in [2.24, 2.45) is 17.2 Å². The van der Waals surface area contributed by atoms with Gasteiger partial charge in [0.05, 0.1) is 0 Å². The molecule has 0 fully saturated rings. The minimum absolute atomic E-state index is 0.524. The Bertz CT molecular complexity index is 88.3. The summed E-state index contributed by atoms with van der Waals surface area (Å²) in [6, 6.07) is 0. The molecule has 0 aliphatic carbocycles. The second kappa shape index (κ2) is 5.59. The molecule has 54 valence electrons. The maximum absolute atomic E-state index is 5.50. The van der Waals surface area contributed by atoms with Crippen molar-refractivity contribution in [2.45, 2.75) is 12.8 Å². The molecule has 0 atom stereocenters. The van der Waals surface area contributed by atoms with E-state index in [1.807, 2.05) is 6.08 Å². The fourth-order valence-electron chi connectivity index (χ4n) is 0.560. The SMILES string of the molecule is NCC=C(N)CCCN. The van der Waals surface area contributed by atoms with Crippen molar-refractivity contribution in [2.75, 3.05) is 13.1 Å². The topological polar surface area (TPSA) is 78.1 Å². The molecule has 6 N–H and O–H groups in total. The molecule has 0 heterocycles. The van der Waals surface area contributed by atoms with Crippen LogP contribution in [0.3, 0.4) is 0 Å². The zero-order valence-corrected chi connectivity index (χ0v) is 5.64. The molecular formula is C6H15N3. The van der Waals surface area contributed by atoms with Crippen LogP contribution in [0, 0.1) is 0 Å². The average Bonchev–Trinajstić information content (AvgIpc) is 1.85. The molecule has 0 saturated carbocycles. The maximum atomic E-state index is 5.50. The molecule has 0 bridgehead atoms. The van der Waals surface area contributed by atoms with Gasteiger partial charge in [0.15, 0.2) is 0 Å². The van der Waals surface area contributed by atoms with Crippen molar-refractivity contribution in [3.05, 3.63) is 11.8 Å². The van der Waals surface area contributed by atoms with Crippen LogP contribution in [-0.2, 0) is 0 Å². The lowest BCUT2D eigenvalue weighted by molar-refractivity contribution is 0.812. The van der Waals surface area contributed by atoms with E-state index >= 15 is 0 Å². The molecule has 0 saturated heterocycles. The van der Waals surface area contributed by atoms with Crippen LogP contribution in [0.1, 0.15) is 12.8 Å². The lowest BCUT2D eigenvalue weighted by Gasteiger charge is -1.96. The zero-order chi connectivity index (χ0) is 7.11. The van der Waals surface area contributed by atoms with Crippen LogP contribution in [0.2, 0.25) is 0 Å². The van der Waals surface area contributed by atoms with E-state index in [1.54, 1.807) is 0 Å². The molecule has 3 heteroatoms. The van der Waals surface area contributed by atoms with Crippen LogP contribution >= 0.6 is 0 Å². The summed E-state index contributed by atoms with van der Waals surface area (Å²) in [6.07, 6.45) is 3.63. The van der Waals surface area contributed by atoms with Gasteiger partial charge in [-0.05, 0) is 19.4 Å². The van der Waals surface area contributed by atoms with Gasteiger partial charge in [-0.3, -0.25) is 0 Å². The van der Waals surface area contributed by atoms with Crippen LogP contribution in [0.15, 0.2) is 11.8 Å². The summed E-state index contributed by atoms with van der Waals surface area (Å²) >= 11 is 0. The summed E-state index contributed by atoms with van der Waals surface area (Å²) < 4.78 is 0. The molecule has 9 heavy (non-hydrogen) atoms. The van der Waals surface area contributed by atoms with Gasteiger partial charge in [-0.1, -0.05) is 6.08 Å². The Kier molecular flexibility index (Phi) is 5.26. The predicted molar refractivity (Wildman–Crippen MR) is 39.6 cm³/mol. The standard InChI is InChI=1S/C6H15N3/c7-4-1-2-6(9)3-5-8/h3H,1-2,4-5,7-9H2. The van der Waals surface area contributed by atoms with Crippen molar-refractivity contribution < 1.29 is 0 Å². The van der Waals surface area contributed by atoms with E-state index in [2.05, 4.69) is 0 Å². The second-order valence-electron chi connectivity index (χ2n) is 1.91. The minimum Gasteiger partial charge on any atom is -0.402 e. The molecule has 0 rings (SSSR count). The Morgan fingerprint density at radius 3 is 2.44 bits per heavy atom. The van der Waals surface area contributed by atoms with Gasteiger partial charge >= 0.3 is 0 Å². The molecule has 0 radical (unpaired) electrons.